The lowest BCUT2D eigenvalue weighted by Gasteiger charge is -2.21. The summed E-state index contributed by atoms with van der Waals surface area (Å²) in [6.07, 6.45) is 11.7. The van der Waals surface area contributed by atoms with Crippen LogP contribution in [0.2, 0.25) is 0 Å². The van der Waals surface area contributed by atoms with Crippen LogP contribution in [0.1, 0.15) is 90.9 Å². The molecule has 6 aromatic carbocycles. The van der Waals surface area contributed by atoms with Crippen LogP contribution in [-0.4, -0.2) is 25.5 Å². The number of rotatable bonds is 17. The lowest BCUT2D eigenvalue weighted by Crippen LogP contribution is -2.12. The molecule has 6 rings (SSSR count). The van der Waals surface area contributed by atoms with Gasteiger partial charge in [0.2, 0.25) is 0 Å². The lowest BCUT2D eigenvalue weighted by molar-refractivity contribution is 0.0972. The number of carbonyl (C=O) groups excluding carboxylic acids is 2. The van der Waals surface area contributed by atoms with Gasteiger partial charge in [-0.1, -0.05) is 158 Å². The van der Waals surface area contributed by atoms with E-state index in [4.69, 9.17) is 18.9 Å². The molecule has 0 bridgehead atoms. The highest BCUT2D eigenvalue weighted by Gasteiger charge is 2.25. The highest BCUT2D eigenvalue weighted by Crippen LogP contribution is 2.50. The Hall–Kier alpha value is -4.14. The summed E-state index contributed by atoms with van der Waals surface area (Å²) in [5.41, 5.74) is 1.93. The number of hydrogen-bond donors (Lipinski definition) is 0. The SMILES string of the molecule is CCCCCCCCOC(=O)Oc1c2ccccc2c(-c2c3ccccc3c(OC(=O)OCCCCCCCC)c3ccc(Br)cc23)c2cc(Br)ccc12. The van der Waals surface area contributed by atoms with Gasteiger partial charge in [0.15, 0.2) is 0 Å². The van der Waals surface area contributed by atoms with Crippen LogP contribution in [0.4, 0.5) is 9.59 Å². The molecule has 0 radical (unpaired) electrons. The Balaban J connectivity index is 1.43. The molecule has 8 heteroatoms. The van der Waals surface area contributed by atoms with Crippen molar-refractivity contribution in [1.29, 1.82) is 0 Å². The summed E-state index contributed by atoms with van der Waals surface area (Å²) >= 11 is 7.45. The molecule has 0 aliphatic rings. The van der Waals surface area contributed by atoms with Crippen molar-refractivity contribution < 1.29 is 28.5 Å². The standard InChI is InChI=1S/C46H48Br2O6/c1-3-5-7-9-11-17-27-51-45(49)53-43-35-21-15-13-19-33(35)41(39-29-31(47)23-25-37(39)43)42-34-20-14-16-22-36(34)44(38-26-24-32(48)30-40(38)42)54-46(50)52-28-18-12-10-8-6-4-2/h13-16,19-26,29-30H,3-12,17-18,27-28H2,1-2H3. The van der Waals surface area contributed by atoms with E-state index in [2.05, 4.69) is 70.0 Å². The zero-order valence-electron chi connectivity index (χ0n) is 31.2. The van der Waals surface area contributed by atoms with Crippen LogP contribution in [0.25, 0.3) is 54.2 Å². The van der Waals surface area contributed by atoms with Gasteiger partial charge in [-0.3, -0.25) is 0 Å². The van der Waals surface area contributed by atoms with Crippen LogP contribution in [0.3, 0.4) is 0 Å². The van der Waals surface area contributed by atoms with Gasteiger partial charge in [0.05, 0.1) is 13.2 Å². The van der Waals surface area contributed by atoms with E-state index in [0.29, 0.717) is 24.7 Å². The minimum Gasteiger partial charge on any atom is -0.434 e. The number of halogens is 2. The summed E-state index contributed by atoms with van der Waals surface area (Å²) in [6.45, 7) is 5.03. The number of carbonyl (C=O) groups is 2. The maximum absolute atomic E-state index is 13.2. The molecule has 6 aromatic rings. The Morgan fingerprint density at radius 1 is 0.444 bits per heavy atom. The first-order valence-electron chi connectivity index (χ1n) is 19.4. The molecule has 0 atom stereocenters. The van der Waals surface area contributed by atoms with E-state index in [1.165, 1.54) is 38.5 Å². The number of ether oxygens (including phenoxy) is 4. The van der Waals surface area contributed by atoms with Crippen molar-refractivity contribution in [2.75, 3.05) is 13.2 Å². The van der Waals surface area contributed by atoms with Crippen LogP contribution in [0.5, 0.6) is 11.5 Å². The van der Waals surface area contributed by atoms with Gasteiger partial charge in [0.25, 0.3) is 0 Å². The summed E-state index contributed by atoms with van der Waals surface area (Å²) in [5, 5.41) is 6.69. The van der Waals surface area contributed by atoms with Crippen molar-refractivity contribution in [3.05, 3.63) is 93.9 Å². The molecule has 0 saturated heterocycles. The smallest absolute Gasteiger partial charge is 0.434 e. The van der Waals surface area contributed by atoms with Crippen molar-refractivity contribution in [1.82, 2.24) is 0 Å². The van der Waals surface area contributed by atoms with Crippen LogP contribution in [-0.2, 0) is 9.47 Å². The summed E-state index contributed by atoms with van der Waals surface area (Å²) in [5.74, 6) is 0.903. The van der Waals surface area contributed by atoms with Gasteiger partial charge >= 0.3 is 12.3 Å². The van der Waals surface area contributed by atoms with E-state index in [0.717, 1.165) is 102 Å². The Kier molecular flexibility index (Phi) is 14.2. The first-order valence-corrected chi connectivity index (χ1v) is 21.0. The predicted octanol–water partition coefficient (Wildman–Crippen LogP) is 15.2. The van der Waals surface area contributed by atoms with Crippen LogP contribution < -0.4 is 9.47 Å². The first kappa shape index (κ1) is 39.6. The second kappa shape index (κ2) is 19.4. The Labute approximate surface area is 334 Å². The van der Waals surface area contributed by atoms with Crippen molar-refractivity contribution in [3.8, 4) is 22.6 Å². The average molecular weight is 857 g/mol. The lowest BCUT2D eigenvalue weighted by atomic mass is 9.85. The zero-order chi connectivity index (χ0) is 37.9. The molecule has 0 heterocycles. The molecule has 0 aliphatic carbocycles. The fourth-order valence-corrected chi connectivity index (χ4v) is 8.00. The van der Waals surface area contributed by atoms with Gasteiger partial charge in [-0.25, -0.2) is 9.59 Å². The summed E-state index contributed by atoms with van der Waals surface area (Å²) in [7, 11) is 0. The largest absolute Gasteiger partial charge is 0.513 e. The predicted molar refractivity (Wildman–Crippen MR) is 228 cm³/mol. The minimum atomic E-state index is -0.713. The van der Waals surface area contributed by atoms with Gasteiger partial charge in [0, 0.05) is 30.5 Å². The molecule has 0 fully saturated rings. The normalized spacial score (nSPS) is 11.4. The molecular weight excluding hydrogens is 808 g/mol. The third kappa shape index (κ3) is 9.38. The van der Waals surface area contributed by atoms with Gasteiger partial charge < -0.3 is 18.9 Å². The summed E-state index contributed by atoms with van der Waals surface area (Å²) in [4.78, 5) is 26.4. The monoisotopic (exact) mass is 854 g/mol. The number of unbranched alkanes of at least 4 members (excludes halogenated alkanes) is 10. The van der Waals surface area contributed by atoms with E-state index >= 15 is 0 Å². The van der Waals surface area contributed by atoms with Crippen molar-refractivity contribution in [2.45, 2.75) is 90.9 Å². The zero-order valence-corrected chi connectivity index (χ0v) is 34.4. The molecule has 0 aromatic heterocycles. The van der Waals surface area contributed by atoms with Gasteiger partial charge in [-0.2, -0.15) is 0 Å². The Morgan fingerprint density at radius 3 is 1.20 bits per heavy atom. The second-order valence-electron chi connectivity index (χ2n) is 13.8. The summed E-state index contributed by atoms with van der Waals surface area (Å²) < 4.78 is 25.1. The third-order valence-electron chi connectivity index (χ3n) is 9.93. The molecule has 0 spiro atoms. The van der Waals surface area contributed by atoms with E-state index < -0.39 is 12.3 Å². The van der Waals surface area contributed by atoms with Gasteiger partial charge in [-0.15, -0.1) is 0 Å². The highest BCUT2D eigenvalue weighted by atomic mass is 79.9. The minimum absolute atomic E-state index is 0.318. The number of fused-ring (bicyclic) bond motifs is 4. The van der Waals surface area contributed by atoms with Gasteiger partial charge in [-0.05, 0) is 81.9 Å². The molecule has 0 saturated carbocycles. The molecule has 0 N–H and O–H groups in total. The third-order valence-corrected chi connectivity index (χ3v) is 10.9. The number of benzene rings is 6. The van der Waals surface area contributed by atoms with Crippen molar-refractivity contribution in [2.24, 2.45) is 0 Å². The van der Waals surface area contributed by atoms with Crippen molar-refractivity contribution in [3.63, 3.8) is 0 Å². The molecule has 6 nitrogen and oxygen atoms in total. The highest BCUT2D eigenvalue weighted by molar-refractivity contribution is 9.10. The maximum Gasteiger partial charge on any atom is 0.513 e. The maximum atomic E-state index is 13.2. The number of hydrogen-bond acceptors (Lipinski definition) is 6. The first-order chi connectivity index (χ1) is 26.4. The molecule has 0 unspecified atom stereocenters. The van der Waals surface area contributed by atoms with E-state index in [-0.39, 0.29) is 0 Å². The topological polar surface area (TPSA) is 71.1 Å². The van der Waals surface area contributed by atoms with E-state index in [1.807, 2.05) is 60.7 Å². The van der Waals surface area contributed by atoms with Crippen LogP contribution in [0, 0.1) is 0 Å². The fourth-order valence-electron chi connectivity index (χ4n) is 7.28. The molecular formula is C46H48Br2O6. The average Bonchev–Trinajstić information content (AvgIpc) is 3.17. The Morgan fingerprint density at radius 2 is 0.796 bits per heavy atom. The second-order valence-corrected chi connectivity index (χ2v) is 15.6. The summed E-state index contributed by atoms with van der Waals surface area (Å²) in [6, 6.07) is 28.0. The van der Waals surface area contributed by atoms with Crippen molar-refractivity contribution >= 4 is 87.3 Å². The molecule has 0 amide bonds. The van der Waals surface area contributed by atoms with Crippen LogP contribution >= 0.6 is 31.9 Å². The van der Waals surface area contributed by atoms with Crippen LogP contribution in [0.15, 0.2) is 93.9 Å². The van der Waals surface area contributed by atoms with E-state index in [1.54, 1.807) is 0 Å². The quantitative estimate of drug-likeness (QED) is 0.0394. The van der Waals surface area contributed by atoms with E-state index in [9.17, 15) is 9.59 Å². The molecule has 282 valence electrons. The Bertz CT molecular complexity index is 2090. The molecule has 54 heavy (non-hydrogen) atoms. The molecule has 0 aliphatic heterocycles. The van der Waals surface area contributed by atoms with Gasteiger partial charge in [0.1, 0.15) is 11.5 Å². The fraction of sp³-hybridized carbons (Fsp3) is 0.348.